The van der Waals surface area contributed by atoms with Gasteiger partial charge in [-0.05, 0) is 12.1 Å². The van der Waals surface area contributed by atoms with Crippen molar-refractivity contribution in [1.82, 2.24) is 9.78 Å². The van der Waals surface area contributed by atoms with E-state index in [9.17, 15) is 8.42 Å². The Morgan fingerprint density at radius 2 is 2.05 bits per heavy atom. The fraction of sp³-hybridized carbons (Fsp3) is 0.182. The van der Waals surface area contributed by atoms with Gasteiger partial charge in [-0.25, -0.2) is 13.6 Å². The largest absolute Gasteiger partial charge is 0.384 e. The second kappa shape index (κ2) is 4.90. The molecule has 0 aliphatic heterocycles. The summed E-state index contributed by atoms with van der Waals surface area (Å²) in [7, 11) is -2.02. The lowest BCUT2D eigenvalue weighted by atomic mass is 10.3. The third kappa shape index (κ3) is 2.85. The number of primary sulfonamides is 1. The normalized spacial score (nSPS) is 11.5. The van der Waals surface area contributed by atoms with Gasteiger partial charge in [0, 0.05) is 19.2 Å². The minimum Gasteiger partial charge on any atom is -0.384 e. The van der Waals surface area contributed by atoms with E-state index >= 15 is 0 Å². The highest BCUT2D eigenvalue weighted by atomic mass is 32.2. The second-order valence-corrected chi connectivity index (χ2v) is 5.60. The van der Waals surface area contributed by atoms with Crippen LogP contribution in [0.2, 0.25) is 0 Å². The molecule has 0 unspecified atom stereocenters. The van der Waals surface area contributed by atoms with Crippen LogP contribution in [-0.2, 0) is 23.6 Å². The molecule has 0 saturated heterocycles. The predicted molar refractivity (Wildman–Crippen MR) is 72.8 cm³/mol. The van der Waals surface area contributed by atoms with Gasteiger partial charge in [0.25, 0.3) is 0 Å². The molecular formula is C11H15N5O2S. The number of sulfonamides is 1. The molecule has 0 fully saturated rings. The molecule has 0 saturated carbocycles. The molecule has 5 N–H and O–H groups in total. The summed E-state index contributed by atoms with van der Waals surface area (Å²) >= 11 is 0. The number of aromatic nitrogens is 2. The summed E-state index contributed by atoms with van der Waals surface area (Å²) in [6.07, 6.45) is 1.63. The highest BCUT2D eigenvalue weighted by Gasteiger charge is 2.13. The summed E-state index contributed by atoms with van der Waals surface area (Å²) < 4.78 is 24.4. The number of para-hydroxylation sites is 1. The van der Waals surface area contributed by atoms with Crippen LogP contribution in [0.5, 0.6) is 0 Å². The number of nitrogens with one attached hydrogen (secondary N) is 1. The molecule has 7 nitrogen and oxygen atoms in total. The van der Waals surface area contributed by atoms with Gasteiger partial charge in [0.1, 0.15) is 10.7 Å². The van der Waals surface area contributed by atoms with E-state index in [-0.39, 0.29) is 4.90 Å². The van der Waals surface area contributed by atoms with Gasteiger partial charge in [-0.3, -0.25) is 4.68 Å². The van der Waals surface area contributed by atoms with Crippen LogP contribution >= 0.6 is 0 Å². The SMILES string of the molecule is Cn1ncc(CNc2ccccc2S(N)(=O)=O)c1N. The maximum atomic E-state index is 11.4. The van der Waals surface area contributed by atoms with Gasteiger partial charge in [0.2, 0.25) is 10.0 Å². The molecule has 0 amide bonds. The van der Waals surface area contributed by atoms with E-state index < -0.39 is 10.0 Å². The fourth-order valence-electron chi connectivity index (χ4n) is 1.68. The van der Waals surface area contributed by atoms with Crippen LogP contribution in [0, 0.1) is 0 Å². The van der Waals surface area contributed by atoms with E-state index in [1.165, 1.54) is 6.07 Å². The average Bonchev–Trinajstić information content (AvgIpc) is 2.67. The van der Waals surface area contributed by atoms with Crippen molar-refractivity contribution in [2.24, 2.45) is 12.2 Å². The zero-order chi connectivity index (χ0) is 14.0. The minimum absolute atomic E-state index is 0.0532. The van der Waals surface area contributed by atoms with Gasteiger partial charge >= 0.3 is 0 Å². The first-order chi connectivity index (χ1) is 8.89. The van der Waals surface area contributed by atoms with Crippen molar-refractivity contribution in [3.05, 3.63) is 36.0 Å². The van der Waals surface area contributed by atoms with E-state index in [1.54, 1.807) is 36.1 Å². The summed E-state index contributed by atoms with van der Waals surface area (Å²) in [6, 6.07) is 6.43. The first kappa shape index (κ1) is 13.4. The van der Waals surface area contributed by atoms with Crippen LogP contribution < -0.4 is 16.2 Å². The van der Waals surface area contributed by atoms with Crippen LogP contribution in [0.1, 0.15) is 5.56 Å². The second-order valence-electron chi connectivity index (χ2n) is 4.07. The van der Waals surface area contributed by atoms with Crippen LogP contribution in [0.4, 0.5) is 11.5 Å². The van der Waals surface area contributed by atoms with E-state index in [0.717, 1.165) is 5.56 Å². The molecule has 0 bridgehead atoms. The lowest BCUT2D eigenvalue weighted by Crippen LogP contribution is -2.15. The average molecular weight is 281 g/mol. The third-order valence-corrected chi connectivity index (χ3v) is 3.70. The van der Waals surface area contributed by atoms with E-state index in [1.807, 2.05) is 0 Å². The summed E-state index contributed by atoms with van der Waals surface area (Å²) in [6.45, 7) is 0.367. The van der Waals surface area contributed by atoms with Crippen molar-refractivity contribution in [1.29, 1.82) is 0 Å². The maximum Gasteiger partial charge on any atom is 0.240 e. The summed E-state index contributed by atoms with van der Waals surface area (Å²) in [4.78, 5) is 0.0532. The smallest absolute Gasteiger partial charge is 0.240 e. The fourth-order valence-corrected chi connectivity index (χ4v) is 2.39. The monoisotopic (exact) mass is 281 g/mol. The molecule has 0 spiro atoms. The Kier molecular flexibility index (Phi) is 3.45. The number of nitrogens with two attached hydrogens (primary N) is 2. The van der Waals surface area contributed by atoms with Crippen LogP contribution in [0.3, 0.4) is 0 Å². The molecule has 1 aromatic heterocycles. The van der Waals surface area contributed by atoms with Crippen molar-refractivity contribution >= 4 is 21.5 Å². The van der Waals surface area contributed by atoms with E-state index in [0.29, 0.717) is 18.1 Å². The van der Waals surface area contributed by atoms with E-state index in [2.05, 4.69) is 10.4 Å². The highest BCUT2D eigenvalue weighted by molar-refractivity contribution is 7.89. The Bertz CT molecular complexity index is 693. The summed E-state index contributed by atoms with van der Waals surface area (Å²) in [5, 5.41) is 12.2. The number of hydrogen-bond donors (Lipinski definition) is 3. The van der Waals surface area contributed by atoms with Crippen molar-refractivity contribution in [2.45, 2.75) is 11.4 Å². The van der Waals surface area contributed by atoms with Gasteiger partial charge < -0.3 is 11.1 Å². The first-order valence-corrected chi connectivity index (χ1v) is 7.06. The Hall–Kier alpha value is -2.06. The summed E-state index contributed by atoms with van der Waals surface area (Å²) in [5.41, 5.74) is 7.03. The maximum absolute atomic E-state index is 11.4. The topological polar surface area (TPSA) is 116 Å². The molecule has 0 radical (unpaired) electrons. The summed E-state index contributed by atoms with van der Waals surface area (Å²) in [5.74, 6) is 0.528. The lowest BCUT2D eigenvalue weighted by Gasteiger charge is -2.10. The number of nitrogens with zero attached hydrogens (tertiary/aromatic N) is 2. The Labute approximate surface area is 111 Å². The number of anilines is 2. The van der Waals surface area contributed by atoms with Crippen LogP contribution in [0.15, 0.2) is 35.4 Å². The van der Waals surface area contributed by atoms with Gasteiger partial charge in [-0.1, -0.05) is 12.1 Å². The number of aryl methyl sites for hydroxylation is 1. The first-order valence-electron chi connectivity index (χ1n) is 5.51. The molecule has 8 heteroatoms. The number of nitrogen functional groups attached to an aromatic ring is 1. The number of benzene rings is 1. The van der Waals surface area contributed by atoms with Gasteiger partial charge in [-0.15, -0.1) is 0 Å². The molecule has 2 rings (SSSR count). The Balaban J connectivity index is 2.23. The molecule has 0 atom stereocenters. The number of rotatable bonds is 4. The predicted octanol–water partition coefficient (Wildman–Crippen LogP) is 0.262. The van der Waals surface area contributed by atoms with Gasteiger partial charge in [0.05, 0.1) is 11.9 Å². The number of hydrogen-bond acceptors (Lipinski definition) is 5. The Morgan fingerprint density at radius 3 is 2.63 bits per heavy atom. The Morgan fingerprint density at radius 1 is 1.37 bits per heavy atom. The highest BCUT2D eigenvalue weighted by Crippen LogP contribution is 2.20. The third-order valence-electron chi connectivity index (χ3n) is 2.73. The molecule has 2 aromatic rings. The van der Waals surface area contributed by atoms with Crippen molar-refractivity contribution in [3.8, 4) is 0 Å². The van der Waals surface area contributed by atoms with Gasteiger partial charge in [0.15, 0.2) is 0 Å². The van der Waals surface area contributed by atoms with Crippen LogP contribution in [-0.4, -0.2) is 18.2 Å². The molecule has 102 valence electrons. The standard InChI is InChI=1S/C11H15N5O2S/c1-16-11(12)8(7-15-16)6-14-9-4-2-3-5-10(9)19(13,17)18/h2-5,7,14H,6,12H2,1H3,(H2,13,17,18). The van der Waals surface area contributed by atoms with Crippen LogP contribution in [0.25, 0.3) is 0 Å². The zero-order valence-corrected chi connectivity index (χ0v) is 11.2. The molecular weight excluding hydrogens is 266 g/mol. The molecule has 19 heavy (non-hydrogen) atoms. The van der Waals surface area contributed by atoms with Crippen molar-refractivity contribution in [2.75, 3.05) is 11.1 Å². The van der Waals surface area contributed by atoms with E-state index in [4.69, 9.17) is 10.9 Å². The van der Waals surface area contributed by atoms with Crippen molar-refractivity contribution in [3.63, 3.8) is 0 Å². The lowest BCUT2D eigenvalue weighted by molar-refractivity contribution is 0.598. The molecule has 0 aliphatic rings. The minimum atomic E-state index is -3.76. The van der Waals surface area contributed by atoms with Gasteiger partial charge in [-0.2, -0.15) is 5.10 Å². The molecule has 1 aromatic carbocycles. The molecule has 0 aliphatic carbocycles. The molecule has 1 heterocycles. The van der Waals surface area contributed by atoms with Crippen molar-refractivity contribution < 1.29 is 8.42 Å². The quantitative estimate of drug-likeness (QED) is 0.743. The zero-order valence-electron chi connectivity index (χ0n) is 10.4.